The fraction of sp³-hybridized carbons (Fsp3) is 0.125. The molecule has 0 aliphatic heterocycles. The van der Waals surface area contributed by atoms with Gasteiger partial charge in [-0.1, -0.05) is 23.2 Å². The number of hydrogen-bond acceptors (Lipinski definition) is 1. The maximum absolute atomic E-state index is 10.9. The van der Waals surface area contributed by atoms with Gasteiger partial charge in [-0.15, -0.1) is 0 Å². The predicted molar refractivity (Wildman–Crippen MR) is 66.2 cm³/mol. The molecule has 0 heterocycles. The summed E-state index contributed by atoms with van der Waals surface area (Å²) in [4.78, 5) is 10.9. The van der Waals surface area contributed by atoms with Crippen molar-refractivity contribution in [1.29, 1.82) is 0 Å². The average molecular weight is 362 g/mol. The molecule has 1 aromatic rings. The zero-order valence-corrected chi connectivity index (χ0v) is 11.7. The average Bonchev–Trinajstić information content (AvgIpc) is 2.09. The van der Waals surface area contributed by atoms with Crippen LogP contribution in [-0.2, 0) is 4.79 Å². The zero-order chi connectivity index (χ0) is 10.9. The highest BCUT2D eigenvalue weighted by Crippen LogP contribution is 2.41. The van der Waals surface area contributed by atoms with Crippen molar-refractivity contribution >= 4 is 66.7 Å². The number of halogens is 4. The van der Waals surface area contributed by atoms with Gasteiger partial charge in [-0.2, -0.15) is 0 Å². The second-order valence-electron chi connectivity index (χ2n) is 2.52. The highest BCUT2D eigenvalue weighted by molar-refractivity contribution is 9.11. The van der Waals surface area contributed by atoms with Gasteiger partial charge in [-0.25, -0.2) is 0 Å². The van der Waals surface area contributed by atoms with Crippen LogP contribution in [-0.4, -0.2) is 5.91 Å². The van der Waals surface area contributed by atoms with Gasteiger partial charge in [-0.05, 0) is 37.9 Å². The SMILES string of the molecule is CC(=O)Nc1c(Br)cc(Br)c(Cl)c1Cl. The first-order chi connectivity index (χ1) is 6.43. The predicted octanol–water partition coefficient (Wildman–Crippen LogP) is 4.48. The lowest BCUT2D eigenvalue weighted by Gasteiger charge is -2.10. The van der Waals surface area contributed by atoms with E-state index in [1.807, 2.05) is 0 Å². The summed E-state index contributed by atoms with van der Waals surface area (Å²) in [6.07, 6.45) is 0. The Morgan fingerprint density at radius 2 is 1.86 bits per heavy atom. The van der Waals surface area contributed by atoms with Crippen LogP contribution in [0, 0.1) is 0 Å². The minimum absolute atomic E-state index is 0.203. The molecule has 0 bridgehead atoms. The van der Waals surface area contributed by atoms with Crippen molar-refractivity contribution in [2.45, 2.75) is 6.92 Å². The van der Waals surface area contributed by atoms with Crippen molar-refractivity contribution in [3.63, 3.8) is 0 Å². The fourth-order valence-corrected chi connectivity index (χ4v) is 2.75. The standard InChI is InChI=1S/C8H5Br2Cl2NO/c1-3(14)13-8-5(10)2-4(9)6(11)7(8)12/h2H,1H3,(H,13,14). The summed E-state index contributed by atoms with van der Waals surface area (Å²) in [7, 11) is 0. The van der Waals surface area contributed by atoms with Crippen LogP contribution < -0.4 is 5.32 Å². The Morgan fingerprint density at radius 3 is 2.36 bits per heavy atom. The van der Waals surface area contributed by atoms with Crippen LogP contribution in [0.1, 0.15) is 6.92 Å². The van der Waals surface area contributed by atoms with Crippen LogP contribution in [0.15, 0.2) is 15.0 Å². The molecule has 0 radical (unpaired) electrons. The van der Waals surface area contributed by atoms with Gasteiger partial charge in [0.25, 0.3) is 0 Å². The molecule has 76 valence electrons. The third-order valence-corrected chi connectivity index (χ3v) is 3.76. The summed E-state index contributed by atoms with van der Waals surface area (Å²) in [6.45, 7) is 1.40. The molecule has 0 saturated carbocycles. The number of anilines is 1. The van der Waals surface area contributed by atoms with E-state index in [0.717, 1.165) is 0 Å². The van der Waals surface area contributed by atoms with E-state index in [2.05, 4.69) is 37.2 Å². The number of carbonyl (C=O) groups is 1. The molecule has 0 aromatic heterocycles. The largest absolute Gasteiger partial charge is 0.324 e. The number of rotatable bonds is 1. The van der Waals surface area contributed by atoms with Gasteiger partial charge in [0.2, 0.25) is 5.91 Å². The lowest BCUT2D eigenvalue weighted by Crippen LogP contribution is -2.07. The van der Waals surface area contributed by atoms with Gasteiger partial charge in [0, 0.05) is 15.9 Å². The molecule has 6 heteroatoms. The highest BCUT2D eigenvalue weighted by atomic mass is 79.9. The van der Waals surface area contributed by atoms with E-state index in [1.165, 1.54) is 6.92 Å². The van der Waals surface area contributed by atoms with Crippen molar-refractivity contribution in [2.75, 3.05) is 5.32 Å². The summed E-state index contributed by atoms with van der Waals surface area (Å²) in [5.41, 5.74) is 0.479. The van der Waals surface area contributed by atoms with Gasteiger partial charge in [0.15, 0.2) is 0 Å². The van der Waals surface area contributed by atoms with E-state index in [1.54, 1.807) is 6.07 Å². The van der Waals surface area contributed by atoms with Gasteiger partial charge in [0.1, 0.15) is 0 Å². The molecule has 0 unspecified atom stereocenters. The van der Waals surface area contributed by atoms with Crippen LogP contribution in [0.5, 0.6) is 0 Å². The van der Waals surface area contributed by atoms with Crippen LogP contribution in [0.3, 0.4) is 0 Å². The number of carbonyl (C=O) groups excluding carboxylic acids is 1. The van der Waals surface area contributed by atoms with Crippen molar-refractivity contribution in [3.8, 4) is 0 Å². The summed E-state index contributed by atoms with van der Waals surface area (Å²) < 4.78 is 1.35. The highest BCUT2D eigenvalue weighted by Gasteiger charge is 2.13. The molecule has 14 heavy (non-hydrogen) atoms. The molecule has 0 atom stereocenters. The number of amides is 1. The minimum atomic E-state index is -0.203. The van der Waals surface area contributed by atoms with E-state index in [9.17, 15) is 4.79 Å². The lowest BCUT2D eigenvalue weighted by atomic mass is 10.3. The lowest BCUT2D eigenvalue weighted by molar-refractivity contribution is -0.114. The monoisotopic (exact) mass is 359 g/mol. The molecule has 0 spiro atoms. The number of hydrogen-bond donors (Lipinski definition) is 1. The topological polar surface area (TPSA) is 29.1 Å². The molecular weight excluding hydrogens is 357 g/mol. The van der Waals surface area contributed by atoms with E-state index in [0.29, 0.717) is 24.7 Å². The molecular formula is C8H5Br2Cl2NO. The molecule has 2 nitrogen and oxygen atoms in total. The quantitative estimate of drug-likeness (QED) is 0.580. The minimum Gasteiger partial charge on any atom is -0.324 e. The first-order valence-corrected chi connectivity index (χ1v) is 5.88. The van der Waals surface area contributed by atoms with Crippen LogP contribution in [0.2, 0.25) is 10.0 Å². The Bertz CT molecular complexity index is 395. The van der Waals surface area contributed by atoms with Crippen molar-refractivity contribution in [2.24, 2.45) is 0 Å². The van der Waals surface area contributed by atoms with Gasteiger partial charge < -0.3 is 5.32 Å². The van der Waals surface area contributed by atoms with E-state index in [-0.39, 0.29) is 5.91 Å². The Labute approximate surface area is 108 Å². The molecule has 0 fully saturated rings. The van der Waals surface area contributed by atoms with Crippen molar-refractivity contribution in [3.05, 3.63) is 25.1 Å². The Morgan fingerprint density at radius 1 is 1.29 bits per heavy atom. The Hall–Kier alpha value is 0.230. The normalized spacial score (nSPS) is 10.1. The van der Waals surface area contributed by atoms with Gasteiger partial charge in [-0.3, -0.25) is 4.79 Å². The fourth-order valence-electron chi connectivity index (χ4n) is 0.857. The third kappa shape index (κ3) is 2.63. The van der Waals surface area contributed by atoms with Gasteiger partial charge in [0.05, 0.1) is 15.7 Å². The van der Waals surface area contributed by atoms with Crippen LogP contribution in [0.4, 0.5) is 5.69 Å². The second-order valence-corrected chi connectivity index (χ2v) is 4.99. The van der Waals surface area contributed by atoms with Crippen LogP contribution >= 0.6 is 55.1 Å². The number of nitrogens with one attached hydrogen (secondary N) is 1. The zero-order valence-electron chi connectivity index (χ0n) is 7.00. The molecule has 1 N–H and O–H groups in total. The molecule has 1 amide bonds. The van der Waals surface area contributed by atoms with Crippen molar-refractivity contribution in [1.82, 2.24) is 0 Å². The maximum Gasteiger partial charge on any atom is 0.221 e. The molecule has 1 rings (SSSR count). The van der Waals surface area contributed by atoms with E-state index in [4.69, 9.17) is 23.2 Å². The van der Waals surface area contributed by atoms with E-state index < -0.39 is 0 Å². The maximum atomic E-state index is 10.9. The van der Waals surface area contributed by atoms with Crippen molar-refractivity contribution < 1.29 is 4.79 Å². The van der Waals surface area contributed by atoms with Crippen LogP contribution in [0.25, 0.3) is 0 Å². The molecule has 0 aliphatic rings. The van der Waals surface area contributed by atoms with E-state index >= 15 is 0 Å². The Balaban J connectivity index is 3.29. The third-order valence-electron chi connectivity index (χ3n) is 1.42. The summed E-state index contributed by atoms with van der Waals surface area (Å²) in [6, 6.07) is 1.72. The first kappa shape index (κ1) is 12.3. The molecule has 0 saturated heterocycles. The summed E-state index contributed by atoms with van der Waals surface area (Å²) in [5.74, 6) is -0.203. The molecule has 0 aliphatic carbocycles. The second kappa shape index (κ2) is 4.84. The summed E-state index contributed by atoms with van der Waals surface area (Å²) in [5, 5.41) is 3.27. The molecule has 1 aromatic carbocycles. The first-order valence-electron chi connectivity index (χ1n) is 3.54. The smallest absolute Gasteiger partial charge is 0.221 e. The van der Waals surface area contributed by atoms with Gasteiger partial charge >= 0.3 is 0 Å². The number of benzene rings is 1. The summed E-state index contributed by atoms with van der Waals surface area (Å²) >= 11 is 18.3. The Kier molecular flexibility index (Phi) is 4.25.